The van der Waals surface area contributed by atoms with Crippen LogP contribution in [0.2, 0.25) is 0 Å². The van der Waals surface area contributed by atoms with Gasteiger partial charge in [-0.15, -0.1) is 0 Å². The molecular weight excluding hydrogens is 284 g/mol. The van der Waals surface area contributed by atoms with Gasteiger partial charge in [0.2, 0.25) is 10.0 Å². The maximum Gasteiger partial charge on any atom is 0.240 e. The quantitative estimate of drug-likeness (QED) is 0.839. The smallest absolute Gasteiger partial charge is 0.240 e. The molecule has 2 rings (SSSR count). The van der Waals surface area contributed by atoms with Crippen molar-refractivity contribution in [1.29, 1.82) is 0 Å². The molecule has 19 heavy (non-hydrogen) atoms. The third kappa shape index (κ3) is 3.77. The van der Waals surface area contributed by atoms with Crippen LogP contribution in [0.4, 0.5) is 5.69 Å². The van der Waals surface area contributed by atoms with Gasteiger partial charge in [0.25, 0.3) is 0 Å². The van der Waals surface area contributed by atoms with Gasteiger partial charge in [-0.05, 0) is 30.5 Å². The van der Waals surface area contributed by atoms with Crippen molar-refractivity contribution in [1.82, 2.24) is 4.72 Å². The number of hydrogen-bond acceptors (Lipinski definition) is 4. The van der Waals surface area contributed by atoms with E-state index in [0.717, 1.165) is 30.6 Å². The Kier molecular flexibility index (Phi) is 4.59. The molecule has 0 radical (unpaired) electrons. The normalized spacial score (nSPS) is 16.5. The lowest BCUT2D eigenvalue weighted by Crippen LogP contribution is -2.28. The average Bonchev–Trinajstić information content (AvgIpc) is 2.37. The van der Waals surface area contributed by atoms with Crippen LogP contribution in [-0.4, -0.2) is 37.7 Å². The highest BCUT2D eigenvalue weighted by atomic mass is 32.2. The van der Waals surface area contributed by atoms with E-state index >= 15 is 0 Å². The fourth-order valence-corrected chi connectivity index (χ4v) is 3.59. The van der Waals surface area contributed by atoms with Gasteiger partial charge >= 0.3 is 0 Å². The molecular formula is C12H18N2O3S2. The van der Waals surface area contributed by atoms with Crippen LogP contribution >= 0.6 is 0 Å². The van der Waals surface area contributed by atoms with Crippen molar-refractivity contribution < 1.29 is 12.6 Å². The molecule has 1 atom stereocenters. The number of anilines is 1. The minimum atomic E-state index is -3.51. The van der Waals surface area contributed by atoms with Gasteiger partial charge in [0.1, 0.15) is 0 Å². The van der Waals surface area contributed by atoms with Gasteiger partial charge in [-0.3, -0.25) is 4.21 Å². The Bertz CT molecular complexity index is 585. The van der Waals surface area contributed by atoms with Crippen molar-refractivity contribution in [2.24, 2.45) is 0 Å². The Morgan fingerprint density at radius 3 is 2.95 bits per heavy atom. The summed E-state index contributed by atoms with van der Waals surface area (Å²) in [5.41, 5.74) is 2.05. The van der Waals surface area contributed by atoms with Crippen LogP contribution in [0.25, 0.3) is 0 Å². The molecule has 0 saturated heterocycles. The van der Waals surface area contributed by atoms with Gasteiger partial charge in [0.15, 0.2) is 0 Å². The van der Waals surface area contributed by atoms with Crippen LogP contribution in [0, 0.1) is 0 Å². The van der Waals surface area contributed by atoms with E-state index in [4.69, 9.17) is 0 Å². The van der Waals surface area contributed by atoms with Crippen LogP contribution in [0.5, 0.6) is 0 Å². The zero-order valence-corrected chi connectivity index (χ0v) is 12.4. The van der Waals surface area contributed by atoms with E-state index in [1.165, 1.54) is 0 Å². The molecule has 0 aromatic heterocycles. The van der Waals surface area contributed by atoms with Crippen LogP contribution in [0.15, 0.2) is 23.1 Å². The standard InChI is InChI=1S/C12H18N2O3S2/c1-18(15)8-7-14-19(16,17)11-5-4-10-3-2-6-13-12(10)9-11/h4-5,9,13-14H,2-3,6-8H2,1H3. The third-order valence-corrected chi connectivity index (χ3v) is 5.25. The molecule has 1 heterocycles. The Morgan fingerprint density at radius 1 is 1.42 bits per heavy atom. The van der Waals surface area contributed by atoms with E-state index in [2.05, 4.69) is 10.0 Å². The molecule has 0 fully saturated rings. The maximum absolute atomic E-state index is 12.1. The van der Waals surface area contributed by atoms with E-state index in [1.807, 2.05) is 6.07 Å². The number of hydrogen-bond donors (Lipinski definition) is 2. The van der Waals surface area contributed by atoms with Crippen molar-refractivity contribution in [3.63, 3.8) is 0 Å². The molecule has 0 spiro atoms. The monoisotopic (exact) mass is 302 g/mol. The second-order valence-electron chi connectivity index (χ2n) is 4.52. The van der Waals surface area contributed by atoms with Crippen molar-refractivity contribution in [3.05, 3.63) is 23.8 Å². The number of aryl methyl sites for hydroxylation is 1. The first-order chi connectivity index (χ1) is 8.99. The van der Waals surface area contributed by atoms with Crippen LogP contribution in [-0.2, 0) is 27.2 Å². The SMILES string of the molecule is CS(=O)CCNS(=O)(=O)c1ccc2c(c1)NCCC2. The number of sulfonamides is 1. The Morgan fingerprint density at radius 2 is 2.21 bits per heavy atom. The molecule has 1 unspecified atom stereocenters. The highest BCUT2D eigenvalue weighted by Gasteiger charge is 2.17. The van der Waals surface area contributed by atoms with Gasteiger partial charge in [-0.2, -0.15) is 0 Å². The summed E-state index contributed by atoms with van der Waals surface area (Å²) in [6.07, 6.45) is 3.60. The first kappa shape index (κ1) is 14.5. The van der Waals surface area contributed by atoms with Gasteiger partial charge in [0, 0.05) is 41.6 Å². The lowest BCUT2D eigenvalue weighted by atomic mass is 10.0. The molecule has 1 aromatic carbocycles. The molecule has 1 aliphatic heterocycles. The van der Waals surface area contributed by atoms with Crippen molar-refractivity contribution in [3.8, 4) is 0 Å². The fourth-order valence-electron chi connectivity index (χ4n) is 2.01. The Labute approximate surface area is 116 Å². The van der Waals surface area contributed by atoms with Crippen molar-refractivity contribution in [2.45, 2.75) is 17.7 Å². The highest BCUT2D eigenvalue weighted by molar-refractivity contribution is 7.89. The molecule has 5 nitrogen and oxygen atoms in total. The van der Waals surface area contributed by atoms with E-state index < -0.39 is 20.8 Å². The summed E-state index contributed by atoms with van der Waals surface area (Å²) in [5.74, 6) is 0.322. The summed E-state index contributed by atoms with van der Waals surface area (Å²) in [6.45, 7) is 1.06. The summed E-state index contributed by atoms with van der Waals surface area (Å²) >= 11 is 0. The minimum absolute atomic E-state index is 0.190. The predicted molar refractivity (Wildman–Crippen MR) is 77.4 cm³/mol. The van der Waals surface area contributed by atoms with Gasteiger partial charge in [0.05, 0.1) is 4.90 Å². The highest BCUT2D eigenvalue weighted by Crippen LogP contribution is 2.24. The van der Waals surface area contributed by atoms with E-state index in [0.29, 0.717) is 5.75 Å². The summed E-state index contributed by atoms with van der Waals surface area (Å²) in [6, 6.07) is 5.14. The largest absolute Gasteiger partial charge is 0.385 e. The van der Waals surface area contributed by atoms with Crippen LogP contribution in [0.1, 0.15) is 12.0 Å². The number of fused-ring (bicyclic) bond motifs is 1. The molecule has 7 heteroatoms. The molecule has 1 aliphatic rings. The van der Waals surface area contributed by atoms with Crippen molar-refractivity contribution in [2.75, 3.05) is 30.4 Å². The summed E-state index contributed by atoms with van der Waals surface area (Å²) < 4.78 is 37.5. The topological polar surface area (TPSA) is 75.3 Å². The van der Waals surface area contributed by atoms with Crippen LogP contribution in [0.3, 0.4) is 0 Å². The third-order valence-electron chi connectivity index (χ3n) is 3.01. The second-order valence-corrected chi connectivity index (χ2v) is 7.85. The minimum Gasteiger partial charge on any atom is -0.385 e. The predicted octanol–water partition coefficient (Wildman–Crippen LogP) is 0.701. The molecule has 0 amide bonds. The van der Waals surface area contributed by atoms with Gasteiger partial charge in [-0.25, -0.2) is 13.1 Å². The summed E-state index contributed by atoms with van der Waals surface area (Å²) in [7, 11) is -4.51. The maximum atomic E-state index is 12.1. The Balaban J connectivity index is 2.14. The first-order valence-corrected chi connectivity index (χ1v) is 9.36. The van der Waals surface area contributed by atoms with E-state index in [-0.39, 0.29) is 11.4 Å². The van der Waals surface area contributed by atoms with Crippen LogP contribution < -0.4 is 10.0 Å². The summed E-state index contributed by atoms with van der Waals surface area (Å²) in [5, 5.41) is 3.21. The zero-order chi connectivity index (χ0) is 13.9. The lowest BCUT2D eigenvalue weighted by Gasteiger charge is -2.18. The molecule has 0 aliphatic carbocycles. The number of benzene rings is 1. The Hall–Kier alpha value is -0.920. The number of nitrogens with one attached hydrogen (secondary N) is 2. The molecule has 2 N–H and O–H groups in total. The molecule has 0 saturated carbocycles. The number of rotatable bonds is 5. The van der Waals surface area contributed by atoms with E-state index in [1.54, 1.807) is 18.4 Å². The first-order valence-electron chi connectivity index (χ1n) is 6.15. The molecule has 0 bridgehead atoms. The summed E-state index contributed by atoms with van der Waals surface area (Å²) in [4.78, 5) is 0.252. The fraction of sp³-hybridized carbons (Fsp3) is 0.500. The average molecular weight is 302 g/mol. The molecule has 106 valence electrons. The van der Waals surface area contributed by atoms with Crippen molar-refractivity contribution >= 4 is 26.5 Å². The zero-order valence-electron chi connectivity index (χ0n) is 10.8. The van der Waals surface area contributed by atoms with Gasteiger partial charge in [-0.1, -0.05) is 6.07 Å². The lowest BCUT2D eigenvalue weighted by molar-refractivity contribution is 0.584. The second kappa shape index (κ2) is 6.02. The molecule has 1 aromatic rings. The van der Waals surface area contributed by atoms with E-state index in [9.17, 15) is 12.6 Å². The van der Waals surface area contributed by atoms with Gasteiger partial charge < -0.3 is 5.32 Å².